The molecule has 0 aliphatic carbocycles. The fraction of sp³-hybridized carbons (Fsp3) is 0.292. The van der Waals surface area contributed by atoms with Crippen LogP contribution in [-0.4, -0.2) is 44.9 Å². The Bertz CT molecular complexity index is 1390. The van der Waals surface area contributed by atoms with Gasteiger partial charge in [-0.25, -0.2) is 9.37 Å². The molecule has 5 rings (SSSR count). The molecule has 10 heteroatoms. The Balaban J connectivity index is 1.46. The zero-order chi connectivity index (χ0) is 23.7. The Kier molecular flexibility index (Phi) is 6.32. The molecule has 8 nitrogen and oxygen atoms in total. The summed E-state index contributed by atoms with van der Waals surface area (Å²) in [4.78, 5) is 17.7. The van der Waals surface area contributed by atoms with Crippen LogP contribution in [0.2, 0.25) is 5.02 Å². The summed E-state index contributed by atoms with van der Waals surface area (Å²) >= 11 is 6.42. The van der Waals surface area contributed by atoms with Gasteiger partial charge < -0.3 is 14.8 Å². The summed E-state index contributed by atoms with van der Waals surface area (Å²) in [6.07, 6.45) is 5.45. The van der Waals surface area contributed by atoms with Gasteiger partial charge in [-0.3, -0.25) is 14.0 Å². The van der Waals surface area contributed by atoms with Crippen LogP contribution in [0.3, 0.4) is 0 Å². The molecule has 1 fully saturated rings. The number of aromatic nitrogens is 4. The van der Waals surface area contributed by atoms with Crippen molar-refractivity contribution < 1.29 is 13.9 Å². The molecule has 0 bridgehead atoms. The van der Waals surface area contributed by atoms with Crippen LogP contribution in [0, 0.1) is 5.82 Å². The fourth-order valence-corrected chi connectivity index (χ4v) is 4.27. The number of fused-ring (bicyclic) bond motifs is 1. The van der Waals surface area contributed by atoms with Gasteiger partial charge in [0.1, 0.15) is 18.4 Å². The average molecular weight is 484 g/mol. The Labute approximate surface area is 199 Å². The predicted octanol–water partition coefficient (Wildman–Crippen LogP) is 3.99. The third kappa shape index (κ3) is 4.54. The van der Waals surface area contributed by atoms with Crippen LogP contribution in [0.1, 0.15) is 18.9 Å². The van der Waals surface area contributed by atoms with Crippen LogP contribution in [0.15, 0.2) is 59.8 Å². The molecule has 34 heavy (non-hydrogen) atoms. The summed E-state index contributed by atoms with van der Waals surface area (Å²) in [7, 11) is 0. The first-order chi connectivity index (χ1) is 16.5. The third-order valence-electron chi connectivity index (χ3n) is 5.81. The van der Waals surface area contributed by atoms with Crippen molar-refractivity contribution in [1.82, 2.24) is 19.3 Å². The van der Waals surface area contributed by atoms with E-state index in [2.05, 4.69) is 15.4 Å². The number of hydrogen-bond donors (Lipinski definition) is 1. The van der Waals surface area contributed by atoms with Crippen molar-refractivity contribution in [3.63, 3.8) is 0 Å². The van der Waals surface area contributed by atoms with E-state index >= 15 is 0 Å². The van der Waals surface area contributed by atoms with E-state index in [1.807, 2.05) is 6.92 Å². The molecule has 0 unspecified atom stereocenters. The molecule has 1 N–H and O–H groups in total. The molecule has 176 valence electrons. The second-order valence-corrected chi connectivity index (χ2v) is 8.65. The second-order valence-electron chi connectivity index (χ2n) is 8.25. The summed E-state index contributed by atoms with van der Waals surface area (Å²) in [6, 6.07) is 10.0. The lowest BCUT2D eigenvalue weighted by Crippen LogP contribution is -2.27. The number of nitrogens with one attached hydrogen (secondary N) is 1. The maximum Gasteiger partial charge on any atom is 0.266 e. The molecule has 1 aliphatic rings. The lowest BCUT2D eigenvalue weighted by molar-refractivity contribution is -0.0614. The Hall–Kier alpha value is -3.27. The SMILES string of the molecule is C[C@@H]1C[C@H](Nc2cc(-n3ccc4c(cnn4Cc4ccccc4F)c3=O)c(Cl)cn2)COCO1. The zero-order valence-electron chi connectivity index (χ0n) is 18.4. The lowest BCUT2D eigenvalue weighted by atomic mass is 10.1. The van der Waals surface area contributed by atoms with Crippen molar-refractivity contribution in [2.75, 3.05) is 18.7 Å². The van der Waals surface area contributed by atoms with Gasteiger partial charge in [-0.1, -0.05) is 29.8 Å². The van der Waals surface area contributed by atoms with Crippen LogP contribution < -0.4 is 10.9 Å². The number of halogens is 2. The normalized spacial score (nSPS) is 18.7. The maximum absolute atomic E-state index is 14.1. The highest BCUT2D eigenvalue weighted by Gasteiger charge is 2.19. The minimum absolute atomic E-state index is 0.00911. The van der Waals surface area contributed by atoms with Crippen molar-refractivity contribution in [2.24, 2.45) is 0 Å². The highest BCUT2D eigenvalue weighted by molar-refractivity contribution is 6.32. The quantitative estimate of drug-likeness (QED) is 0.462. The van der Waals surface area contributed by atoms with E-state index in [1.165, 1.54) is 23.0 Å². The summed E-state index contributed by atoms with van der Waals surface area (Å²) in [5.74, 6) is 0.257. The molecule has 1 aliphatic heterocycles. The highest BCUT2D eigenvalue weighted by atomic mass is 35.5. The first kappa shape index (κ1) is 22.5. The minimum atomic E-state index is -0.317. The average Bonchev–Trinajstić information content (AvgIpc) is 3.12. The van der Waals surface area contributed by atoms with Crippen LogP contribution in [0.4, 0.5) is 10.2 Å². The molecule has 0 amide bonds. The molecule has 0 spiro atoms. The number of pyridine rings is 2. The van der Waals surface area contributed by atoms with Gasteiger partial charge in [0.2, 0.25) is 0 Å². The fourth-order valence-electron chi connectivity index (χ4n) is 4.07. The Morgan fingerprint density at radius 3 is 2.97 bits per heavy atom. The largest absolute Gasteiger partial charge is 0.365 e. The molecular formula is C24H23ClFN5O3. The van der Waals surface area contributed by atoms with Gasteiger partial charge in [-0.2, -0.15) is 5.10 Å². The smallest absolute Gasteiger partial charge is 0.266 e. The summed E-state index contributed by atoms with van der Waals surface area (Å²) < 4.78 is 28.1. The zero-order valence-corrected chi connectivity index (χ0v) is 19.2. The number of benzene rings is 1. The molecule has 4 aromatic rings. The van der Waals surface area contributed by atoms with Crippen molar-refractivity contribution in [1.29, 1.82) is 0 Å². The van der Waals surface area contributed by atoms with Crippen molar-refractivity contribution in [3.05, 3.63) is 81.7 Å². The lowest BCUT2D eigenvalue weighted by Gasteiger charge is -2.19. The van der Waals surface area contributed by atoms with Gasteiger partial charge in [0.05, 0.1) is 59.3 Å². The number of hydrogen-bond acceptors (Lipinski definition) is 6. The first-order valence-electron chi connectivity index (χ1n) is 10.9. The van der Waals surface area contributed by atoms with E-state index in [1.54, 1.807) is 41.2 Å². The van der Waals surface area contributed by atoms with E-state index in [-0.39, 0.29) is 36.9 Å². The van der Waals surface area contributed by atoms with Crippen LogP contribution in [-0.2, 0) is 16.0 Å². The van der Waals surface area contributed by atoms with Gasteiger partial charge in [0.15, 0.2) is 0 Å². The number of ether oxygens (including phenoxy) is 2. The van der Waals surface area contributed by atoms with Gasteiger partial charge in [-0.05, 0) is 25.5 Å². The topological polar surface area (TPSA) is 83.2 Å². The van der Waals surface area contributed by atoms with Gasteiger partial charge >= 0.3 is 0 Å². The van der Waals surface area contributed by atoms with Crippen molar-refractivity contribution >= 4 is 28.3 Å². The molecule has 1 aromatic carbocycles. The molecule has 1 saturated heterocycles. The summed E-state index contributed by atoms with van der Waals surface area (Å²) in [5.41, 5.74) is 1.31. The van der Waals surface area contributed by atoms with E-state index in [9.17, 15) is 9.18 Å². The third-order valence-corrected chi connectivity index (χ3v) is 6.10. The standard InChI is InChI=1S/C24H23ClFN5O3/c1-15-8-17(13-33-14-34-15)29-23-9-22(19(25)11-27-23)30-7-6-21-18(24(30)32)10-28-31(21)12-16-4-2-3-5-20(16)26/h2-7,9-11,15,17H,8,12-14H2,1H3,(H,27,29)/t15-,17+/m1/s1. The van der Waals surface area contributed by atoms with E-state index in [0.717, 1.165) is 6.42 Å². The predicted molar refractivity (Wildman–Crippen MR) is 127 cm³/mol. The molecule has 0 radical (unpaired) electrons. The number of nitrogens with zero attached hydrogens (tertiary/aromatic N) is 4. The van der Waals surface area contributed by atoms with Crippen molar-refractivity contribution in [3.8, 4) is 5.69 Å². The minimum Gasteiger partial charge on any atom is -0.365 e. The second kappa shape index (κ2) is 9.54. The van der Waals surface area contributed by atoms with E-state index < -0.39 is 0 Å². The molecule has 4 heterocycles. The Morgan fingerprint density at radius 2 is 2.12 bits per heavy atom. The molecular weight excluding hydrogens is 461 g/mol. The van der Waals surface area contributed by atoms with E-state index in [4.69, 9.17) is 21.1 Å². The monoisotopic (exact) mass is 483 g/mol. The van der Waals surface area contributed by atoms with Crippen molar-refractivity contribution in [2.45, 2.75) is 32.0 Å². The maximum atomic E-state index is 14.1. The summed E-state index contributed by atoms with van der Waals surface area (Å²) in [5, 5.41) is 8.39. The number of rotatable bonds is 5. The first-order valence-corrected chi connectivity index (χ1v) is 11.3. The highest BCUT2D eigenvalue weighted by Crippen LogP contribution is 2.24. The van der Waals surface area contributed by atoms with E-state index in [0.29, 0.717) is 39.6 Å². The molecule has 2 atom stereocenters. The molecule has 3 aromatic heterocycles. The Morgan fingerprint density at radius 1 is 1.26 bits per heavy atom. The molecule has 0 saturated carbocycles. The van der Waals surface area contributed by atoms with Gasteiger partial charge in [0, 0.05) is 17.8 Å². The van der Waals surface area contributed by atoms with Gasteiger partial charge in [0.25, 0.3) is 5.56 Å². The van der Waals surface area contributed by atoms with Crippen LogP contribution >= 0.6 is 11.6 Å². The summed E-state index contributed by atoms with van der Waals surface area (Å²) in [6.45, 7) is 2.95. The van der Waals surface area contributed by atoms with Crippen LogP contribution in [0.5, 0.6) is 0 Å². The number of anilines is 1. The van der Waals surface area contributed by atoms with Gasteiger partial charge in [-0.15, -0.1) is 0 Å². The van der Waals surface area contributed by atoms with Crippen LogP contribution in [0.25, 0.3) is 16.6 Å².